The molecule has 0 bridgehead atoms. The summed E-state index contributed by atoms with van der Waals surface area (Å²) in [5, 5.41) is 19.5. The van der Waals surface area contributed by atoms with Crippen LogP contribution in [0.1, 0.15) is 57.2 Å². The fourth-order valence-corrected chi connectivity index (χ4v) is 2.42. The highest BCUT2D eigenvalue weighted by Crippen LogP contribution is 2.31. The van der Waals surface area contributed by atoms with Crippen LogP contribution < -0.4 is 0 Å². The summed E-state index contributed by atoms with van der Waals surface area (Å²) in [7, 11) is 1.88. The van der Waals surface area contributed by atoms with Gasteiger partial charge in [-0.05, 0) is 12.5 Å². The van der Waals surface area contributed by atoms with Crippen molar-refractivity contribution >= 4 is 0 Å². The molecule has 0 aliphatic heterocycles. The van der Waals surface area contributed by atoms with Crippen LogP contribution in [0.25, 0.3) is 0 Å². The number of aryl methyl sites for hydroxylation is 2. The zero-order valence-corrected chi connectivity index (χ0v) is 13.0. The normalized spacial score (nSPS) is 13.7. The van der Waals surface area contributed by atoms with Gasteiger partial charge in [0.15, 0.2) is 0 Å². The van der Waals surface area contributed by atoms with Gasteiger partial charge in [-0.25, -0.2) is 0 Å². The minimum atomic E-state index is -0.688. The van der Waals surface area contributed by atoms with Crippen molar-refractivity contribution in [3.05, 3.63) is 35.4 Å². The average Bonchev–Trinajstić information content (AvgIpc) is 2.94. The van der Waals surface area contributed by atoms with Crippen LogP contribution in [-0.2, 0) is 19.0 Å². The molecule has 0 amide bonds. The maximum absolute atomic E-state index is 10.7. The first-order chi connectivity index (χ1) is 9.34. The molecular weight excluding hydrogens is 252 g/mol. The summed E-state index contributed by atoms with van der Waals surface area (Å²) in [6, 6.07) is 1.87. The Kier molecular flexibility index (Phi) is 3.99. The Morgan fingerprint density at radius 1 is 1.35 bits per heavy atom. The van der Waals surface area contributed by atoms with E-state index in [1.165, 1.54) is 0 Å². The van der Waals surface area contributed by atoms with Crippen molar-refractivity contribution in [2.24, 2.45) is 7.05 Å². The summed E-state index contributed by atoms with van der Waals surface area (Å²) in [6.07, 6.45) is 3.93. The molecule has 0 saturated carbocycles. The smallest absolute Gasteiger partial charge is 0.124 e. The minimum absolute atomic E-state index is 0.104. The predicted molar refractivity (Wildman–Crippen MR) is 78.5 cm³/mol. The molecule has 0 saturated heterocycles. The Hall–Kier alpha value is -1.62. The molecule has 0 spiro atoms. The zero-order chi connectivity index (χ0) is 14.9. The summed E-state index contributed by atoms with van der Waals surface area (Å²) in [4.78, 5) is 0. The van der Waals surface area contributed by atoms with Crippen LogP contribution in [0.5, 0.6) is 0 Å². The van der Waals surface area contributed by atoms with E-state index < -0.39 is 6.10 Å². The van der Waals surface area contributed by atoms with Crippen LogP contribution >= 0.6 is 0 Å². The molecule has 0 aliphatic carbocycles. The molecule has 0 aromatic carbocycles. The minimum Gasteiger partial charge on any atom is -0.382 e. The van der Waals surface area contributed by atoms with Gasteiger partial charge in [0, 0.05) is 37.0 Å². The number of hydrogen-bond donors (Lipinski definition) is 1. The number of aliphatic hydroxyl groups is 1. The quantitative estimate of drug-likeness (QED) is 0.933. The third kappa shape index (κ3) is 2.77. The number of hydrogen-bond acceptors (Lipinski definition) is 3. The SMILES string of the molecule is CCCn1nccc1C(O)c1cn(C)nc1C(C)(C)C. The lowest BCUT2D eigenvalue weighted by atomic mass is 9.87. The second kappa shape index (κ2) is 5.40. The summed E-state index contributed by atoms with van der Waals surface area (Å²) < 4.78 is 3.63. The van der Waals surface area contributed by atoms with Crippen LogP contribution in [-0.4, -0.2) is 24.7 Å². The summed E-state index contributed by atoms with van der Waals surface area (Å²) in [5.74, 6) is 0. The van der Waals surface area contributed by atoms with Crippen molar-refractivity contribution < 1.29 is 5.11 Å². The van der Waals surface area contributed by atoms with E-state index in [9.17, 15) is 5.11 Å². The summed E-state index contributed by atoms with van der Waals surface area (Å²) >= 11 is 0. The van der Waals surface area contributed by atoms with Gasteiger partial charge in [-0.1, -0.05) is 27.7 Å². The van der Waals surface area contributed by atoms with E-state index in [4.69, 9.17) is 0 Å². The average molecular weight is 276 g/mol. The number of nitrogens with zero attached hydrogens (tertiary/aromatic N) is 4. The van der Waals surface area contributed by atoms with Crippen LogP contribution in [0.15, 0.2) is 18.5 Å². The molecule has 1 atom stereocenters. The molecule has 1 unspecified atom stereocenters. The van der Waals surface area contributed by atoms with Crippen molar-refractivity contribution in [2.75, 3.05) is 0 Å². The lowest BCUT2D eigenvalue weighted by Crippen LogP contribution is -2.18. The Labute approximate surface area is 120 Å². The molecule has 5 nitrogen and oxygen atoms in total. The maximum Gasteiger partial charge on any atom is 0.124 e. The van der Waals surface area contributed by atoms with Gasteiger partial charge in [0.05, 0.1) is 11.4 Å². The fourth-order valence-electron chi connectivity index (χ4n) is 2.42. The van der Waals surface area contributed by atoms with Crippen molar-refractivity contribution in [2.45, 2.75) is 52.2 Å². The van der Waals surface area contributed by atoms with Crippen molar-refractivity contribution in [3.8, 4) is 0 Å². The predicted octanol–water partition coefficient (Wildman–Crippen LogP) is 2.41. The van der Waals surface area contributed by atoms with Gasteiger partial charge in [0.1, 0.15) is 6.10 Å². The Morgan fingerprint density at radius 3 is 2.65 bits per heavy atom. The highest BCUT2D eigenvalue weighted by Gasteiger charge is 2.27. The Bertz CT molecular complexity index is 577. The Morgan fingerprint density at radius 2 is 2.05 bits per heavy atom. The van der Waals surface area contributed by atoms with Gasteiger partial charge in [-0.3, -0.25) is 9.36 Å². The zero-order valence-electron chi connectivity index (χ0n) is 13.0. The molecule has 1 N–H and O–H groups in total. The molecular formula is C15H24N4O. The van der Waals surface area contributed by atoms with Crippen LogP contribution in [0.2, 0.25) is 0 Å². The molecule has 110 valence electrons. The molecule has 2 rings (SSSR count). The van der Waals surface area contributed by atoms with E-state index in [-0.39, 0.29) is 5.41 Å². The highest BCUT2D eigenvalue weighted by atomic mass is 16.3. The van der Waals surface area contributed by atoms with Crippen molar-refractivity contribution in [3.63, 3.8) is 0 Å². The molecule has 0 fully saturated rings. The van der Waals surface area contributed by atoms with Gasteiger partial charge in [0.2, 0.25) is 0 Å². The highest BCUT2D eigenvalue weighted by molar-refractivity contribution is 5.31. The van der Waals surface area contributed by atoms with Gasteiger partial charge in [-0.15, -0.1) is 0 Å². The van der Waals surface area contributed by atoms with Crippen LogP contribution in [0.4, 0.5) is 0 Å². The van der Waals surface area contributed by atoms with Gasteiger partial charge in [-0.2, -0.15) is 10.2 Å². The third-order valence-corrected chi connectivity index (χ3v) is 3.33. The monoisotopic (exact) mass is 276 g/mol. The second-order valence-electron chi connectivity index (χ2n) is 6.24. The first-order valence-corrected chi connectivity index (χ1v) is 7.08. The molecule has 0 radical (unpaired) electrons. The first kappa shape index (κ1) is 14.8. The summed E-state index contributed by atoms with van der Waals surface area (Å²) in [5.41, 5.74) is 2.51. The van der Waals surface area contributed by atoms with Crippen LogP contribution in [0, 0.1) is 0 Å². The van der Waals surface area contributed by atoms with Gasteiger partial charge in [0.25, 0.3) is 0 Å². The fraction of sp³-hybridized carbons (Fsp3) is 0.600. The third-order valence-electron chi connectivity index (χ3n) is 3.33. The van der Waals surface area contributed by atoms with E-state index in [1.54, 1.807) is 10.9 Å². The number of rotatable bonds is 4. The van der Waals surface area contributed by atoms with E-state index in [1.807, 2.05) is 24.0 Å². The van der Waals surface area contributed by atoms with E-state index in [2.05, 4.69) is 37.9 Å². The molecule has 2 heterocycles. The van der Waals surface area contributed by atoms with Crippen molar-refractivity contribution in [1.29, 1.82) is 0 Å². The number of aromatic nitrogens is 4. The topological polar surface area (TPSA) is 55.9 Å². The Balaban J connectivity index is 2.43. The first-order valence-electron chi connectivity index (χ1n) is 7.08. The molecule has 2 aromatic rings. The second-order valence-corrected chi connectivity index (χ2v) is 6.24. The molecule has 20 heavy (non-hydrogen) atoms. The van der Waals surface area contributed by atoms with E-state index in [0.29, 0.717) is 0 Å². The number of aliphatic hydroxyl groups excluding tert-OH is 1. The van der Waals surface area contributed by atoms with E-state index >= 15 is 0 Å². The van der Waals surface area contributed by atoms with Crippen LogP contribution in [0.3, 0.4) is 0 Å². The molecule has 2 aromatic heterocycles. The van der Waals surface area contributed by atoms with Gasteiger partial charge >= 0.3 is 0 Å². The lowest BCUT2D eigenvalue weighted by molar-refractivity contribution is 0.204. The molecule has 0 aliphatic rings. The molecule has 5 heteroatoms. The van der Waals surface area contributed by atoms with Crippen molar-refractivity contribution in [1.82, 2.24) is 19.6 Å². The standard InChI is InChI=1S/C15H24N4O/c1-6-9-19-12(7-8-16-19)13(20)11-10-18(5)17-14(11)15(2,3)4/h7-8,10,13,20H,6,9H2,1-5H3. The largest absolute Gasteiger partial charge is 0.382 e. The lowest BCUT2D eigenvalue weighted by Gasteiger charge is -2.20. The van der Waals surface area contributed by atoms with E-state index in [0.717, 1.165) is 29.9 Å². The summed E-state index contributed by atoms with van der Waals surface area (Å²) in [6.45, 7) is 9.23. The maximum atomic E-state index is 10.7. The van der Waals surface area contributed by atoms with Gasteiger partial charge < -0.3 is 5.11 Å².